The molecule has 0 amide bonds. The normalized spacial score (nSPS) is 14.1. The molecule has 9 aromatic carbocycles. The maximum absolute atomic E-state index is 9.82. The van der Waals surface area contributed by atoms with Crippen molar-refractivity contribution in [2.75, 3.05) is 16.5 Å². The number of anilines is 4. The molecule has 74 heavy (non-hydrogen) atoms. The smallest absolute Gasteiger partial charge is 0.137 e. The van der Waals surface area contributed by atoms with E-state index < -0.39 is 11.8 Å². The summed E-state index contributed by atoms with van der Waals surface area (Å²) in [6.45, 7) is 10.8. The van der Waals surface area contributed by atoms with Crippen molar-refractivity contribution >= 4 is 44.6 Å². The highest BCUT2D eigenvalue weighted by molar-refractivity contribution is 6.11. The molecule has 0 saturated carbocycles. The molecule has 12 bridgehead atoms. The quantitative estimate of drug-likeness (QED) is 0.176. The second kappa shape index (κ2) is 18.0. The lowest BCUT2D eigenvalue weighted by Gasteiger charge is -2.28. The minimum absolute atomic E-state index is 0.00294. The average Bonchev–Trinajstić information content (AvgIpc) is 4.18. The van der Waals surface area contributed by atoms with Gasteiger partial charge in [0.05, 0.1) is 32.2 Å². The first kappa shape index (κ1) is 39.7. The van der Waals surface area contributed by atoms with Gasteiger partial charge in [-0.2, -0.15) is 0 Å². The molecular formula is C68H56N4O2. The molecule has 0 saturated heterocycles. The summed E-state index contributed by atoms with van der Waals surface area (Å²) in [6.07, 6.45) is 0.224. The lowest BCUT2D eigenvalue weighted by Crippen LogP contribution is -2.25. The first-order chi connectivity index (χ1) is 38.1. The molecule has 0 unspecified atom stereocenters. The minimum atomic E-state index is -1.66. The molecule has 6 nitrogen and oxygen atoms in total. The molecule has 0 fully saturated rings. The standard InChI is InChI=1S/C68H56N4O2/c1-44(2)33-45-34-57(47-19-10-7-11-20-47)67-58(35-45)49-21-14-24-52(36-49)73-53-25-15-22-50(37-53)60-42-69-66(41-61(60)68(3,4)5)72-62-32-29-48(46-17-8-6-9-18-46)38-59(62)56-31-30-55(40-65(56)72)74-54-26-16-23-51(39-54)70-43-71(67)64-28-13-12-27-63(64)70/h6-32,34-42,44H,33,43H2,1-5H3/i29D,32D,33D2,38D. The Balaban J connectivity index is 1.07. The Labute approximate surface area is 440 Å². The third-order valence-corrected chi connectivity index (χ3v) is 14.0. The Morgan fingerprint density at radius 1 is 0.541 bits per heavy atom. The SMILES string of the molecule is [2H]c1c(-c2ccccc2)c([2H])c2c3ccc4cc3n(c2c1[2H])-c1cc(C(C)(C)C)c(cn1)-c1cccc(c1)Oc1cccc(c1)-c1cc(C([2H])([2H])C(C)C)cc(-c2ccccc2)c1N1CN(c2cccc(c2)O4)c2ccccc21. The maximum atomic E-state index is 9.82. The number of fused-ring (bicyclic) bond motifs is 5. The summed E-state index contributed by atoms with van der Waals surface area (Å²) in [6, 6.07) is 64.5. The van der Waals surface area contributed by atoms with Crippen LogP contribution in [-0.4, -0.2) is 16.2 Å². The van der Waals surface area contributed by atoms with Gasteiger partial charge in [0.25, 0.3) is 0 Å². The van der Waals surface area contributed by atoms with Crippen molar-refractivity contribution in [2.24, 2.45) is 5.92 Å². The van der Waals surface area contributed by atoms with E-state index >= 15 is 0 Å². The number of para-hydroxylation sites is 2. The highest BCUT2D eigenvalue weighted by Gasteiger charge is 2.32. The summed E-state index contributed by atoms with van der Waals surface area (Å²) in [4.78, 5) is 9.83. The van der Waals surface area contributed by atoms with Gasteiger partial charge in [-0.05, 0) is 148 Å². The number of pyridine rings is 1. The van der Waals surface area contributed by atoms with Crippen molar-refractivity contribution in [1.29, 1.82) is 0 Å². The van der Waals surface area contributed by atoms with E-state index in [0.29, 0.717) is 68.6 Å². The zero-order chi connectivity index (χ0) is 54.5. The fourth-order valence-electron chi connectivity index (χ4n) is 10.7. The molecule has 360 valence electrons. The third-order valence-electron chi connectivity index (χ3n) is 14.0. The number of nitrogens with zero attached hydrogens (tertiary/aromatic N) is 4. The summed E-state index contributed by atoms with van der Waals surface area (Å²) in [5.41, 5.74) is 12.6. The maximum Gasteiger partial charge on any atom is 0.137 e. The second-order valence-corrected chi connectivity index (χ2v) is 20.5. The fourth-order valence-corrected chi connectivity index (χ4v) is 10.7. The van der Waals surface area contributed by atoms with Crippen LogP contribution in [0.5, 0.6) is 23.0 Å². The summed E-state index contributed by atoms with van der Waals surface area (Å²) in [5.74, 6) is 2.64. The predicted molar refractivity (Wildman–Crippen MR) is 306 cm³/mol. The van der Waals surface area contributed by atoms with Gasteiger partial charge in [-0.3, -0.25) is 4.57 Å². The summed E-state index contributed by atoms with van der Waals surface area (Å²) in [5, 5.41) is 1.30. The topological polar surface area (TPSA) is 42.8 Å². The molecular weight excluding hydrogens is 905 g/mol. The molecule has 3 aliphatic heterocycles. The second-order valence-electron chi connectivity index (χ2n) is 20.5. The van der Waals surface area contributed by atoms with E-state index in [9.17, 15) is 6.85 Å². The number of ether oxygens (including phenoxy) is 2. The monoisotopic (exact) mass is 965 g/mol. The molecule has 0 aliphatic carbocycles. The van der Waals surface area contributed by atoms with E-state index in [1.807, 2.05) is 152 Å². The molecule has 6 heteroatoms. The molecule has 0 radical (unpaired) electrons. The van der Waals surface area contributed by atoms with Gasteiger partial charge in [-0.1, -0.05) is 144 Å². The van der Waals surface area contributed by atoms with Crippen molar-refractivity contribution in [3.05, 3.63) is 230 Å². The zero-order valence-electron chi connectivity index (χ0n) is 46.9. The zero-order valence-corrected chi connectivity index (χ0v) is 41.9. The molecule has 0 atom stereocenters. The van der Waals surface area contributed by atoms with Gasteiger partial charge in [0.15, 0.2) is 0 Å². The Morgan fingerprint density at radius 3 is 1.82 bits per heavy atom. The van der Waals surface area contributed by atoms with Gasteiger partial charge in [-0.15, -0.1) is 0 Å². The Hall–Kier alpha value is -8.87. The predicted octanol–water partition coefficient (Wildman–Crippen LogP) is 18.5. The first-order valence-corrected chi connectivity index (χ1v) is 25.3. The van der Waals surface area contributed by atoms with Crippen LogP contribution in [-0.2, 0) is 11.8 Å². The molecule has 0 N–H and O–H groups in total. The van der Waals surface area contributed by atoms with Crippen LogP contribution in [0.4, 0.5) is 22.7 Å². The lowest BCUT2D eigenvalue weighted by atomic mass is 9.82. The Morgan fingerprint density at radius 2 is 1.14 bits per heavy atom. The van der Waals surface area contributed by atoms with Crippen molar-refractivity contribution in [1.82, 2.24) is 9.55 Å². The van der Waals surface area contributed by atoms with Crippen LogP contribution in [0.3, 0.4) is 0 Å². The van der Waals surface area contributed by atoms with Crippen LogP contribution in [0, 0.1) is 5.92 Å². The van der Waals surface area contributed by atoms with Gasteiger partial charge < -0.3 is 19.3 Å². The van der Waals surface area contributed by atoms with E-state index in [4.69, 9.17) is 14.5 Å². The molecule has 3 aliphatic rings. The Kier molecular flexibility index (Phi) is 9.66. The summed E-state index contributed by atoms with van der Waals surface area (Å²) >= 11 is 0. The number of benzene rings is 9. The molecule has 11 aromatic rings. The third kappa shape index (κ3) is 8.13. The molecule has 2 aromatic heterocycles. The molecule has 5 heterocycles. The largest absolute Gasteiger partial charge is 0.457 e. The number of hydrogen-bond acceptors (Lipinski definition) is 5. The fraction of sp³-hybridized carbons (Fsp3) is 0.132. The highest BCUT2D eigenvalue weighted by Crippen LogP contribution is 2.52. The minimum Gasteiger partial charge on any atom is -0.457 e. The van der Waals surface area contributed by atoms with Gasteiger partial charge in [0, 0.05) is 54.2 Å². The van der Waals surface area contributed by atoms with Crippen molar-refractivity contribution in [3.63, 3.8) is 0 Å². The van der Waals surface area contributed by atoms with Crippen LogP contribution < -0.4 is 19.3 Å². The van der Waals surface area contributed by atoms with Crippen LogP contribution in [0.15, 0.2) is 218 Å². The summed E-state index contributed by atoms with van der Waals surface area (Å²) in [7, 11) is 0. The van der Waals surface area contributed by atoms with Crippen molar-refractivity contribution in [3.8, 4) is 73.3 Å². The van der Waals surface area contributed by atoms with Gasteiger partial charge in [0.2, 0.25) is 0 Å². The molecule has 14 rings (SSSR count). The average molecular weight is 966 g/mol. The van der Waals surface area contributed by atoms with E-state index in [2.05, 4.69) is 97.3 Å². The van der Waals surface area contributed by atoms with E-state index in [1.54, 1.807) is 0 Å². The van der Waals surface area contributed by atoms with Gasteiger partial charge in [0.1, 0.15) is 35.5 Å². The number of rotatable bonds is 4. The first-order valence-electron chi connectivity index (χ1n) is 27.8. The van der Waals surface area contributed by atoms with Crippen molar-refractivity contribution < 1.29 is 16.3 Å². The van der Waals surface area contributed by atoms with Crippen LogP contribution in [0.1, 0.15) is 52.6 Å². The number of aromatic nitrogens is 2. The van der Waals surface area contributed by atoms with E-state index in [0.717, 1.165) is 67.1 Å². The number of hydrogen-bond donors (Lipinski definition) is 0. The van der Waals surface area contributed by atoms with Gasteiger partial charge >= 0.3 is 0 Å². The lowest BCUT2D eigenvalue weighted by molar-refractivity contribution is 0.483. The summed E-state index contributed by atoms with van der Waals surface area (Å²) < 4.78 is 63.8. The van der Waals surface area contributed by atoms with Crippen LogP contribution in [0.2, 0.25) is 0 Å². The van der Waals surface area contributed by atoms with Crippen LogP contribution in [0.25, 0.3) is 72.1 Å². The Bertz CT molecular complexity index is 4230. The molecule has 0 spiro atoms. The highest BCUT2D eigenvalue weighted by atomic mass is 16.5. The van der Waals surface area contributed by atoms with E-state index in [-0.39, 0.29) is 24.0 Å². The van der Waals surface area contributed by atoms with E-state index in [1.165, 1.54) is 0 Å². The van der Waals surface area contributed by atoms with Crippen LogP contribution >= 0.6 is 0 Å². The van der Waals surface area contributed by atoms with Crippen molar-refractivity contribution in [2.45, 2.75) is 46.4 Å². The van der Waals surface area contributed by atoms with Gasteiger partial charge in [-0.25, -0.2) is 4.98 Å².